The molecule has 28 heavy (non-hydrogen) atoms. The Morgan fingerprint density at radius 1 is 1.11 bits per heavy atom. The SMILES string of the molecule is Cc1ccc(OCCCC(=O)Nc2ccc(C(=O)OCC(C)C)cc2)c(Br)c1. The average molecular weight is 448 g/mol. The number of nitrogens with one attached hydrogen (secondary N) is 1. The lowest BCUT2D eigenvalue weighted by molar-refractivity contribution is -0.116. The van der Waals surface area contributed by atoms with Crippen molar-refractivity contribution in [1.82, 2.24) is 0 Å². The van der Waals surface area contributed by atoms with Crippen LogP contribution in [-0.2, 0) is 9.53 Å². The van der Waals surface area contributed by atoms with Gasteiger partial charge in [0.1, 0.15) is 5.75 Å². The van der Waals surface area contributed by atoms with E-state index in [1.165, 1.54) is 0 Å². The second-order valence-electron chi connectivity index (χ2n) is 7.00. The molecule has 0 aromatic heterocycles. The first kappa shape index (κ1) is 22.0. The van der Waals surface area contributed by atoms with E-state index in [1.807, 2.05) is 39.0 Å². The summed E-state index contributed by atoms with van der Waals surface area (Å²) < 4.78 is 11.8. The zero-order valence-electron chi connectivity index (χ0n) is 16.5. The standard InChI is InChI=1S/C22H26BrNO4/c1-15(2)14-28-22(26)17-7-9-18(10-8-17)24-21(25)5-4-12-27-20-11-6-16(3)13-19(20)23/h6-11,13,15H,4-5,12,14H2,1-3H3,(H,24,25). The molecule has 0 aliphatic carbocycles. The van der Waals surface area contributed by atoms with Crippen LogP contribution in [0.5, 0.6) is 5.75 Å². The number of hydrogen-bond donors (Lipinski definition) is 1. The number of ether oxygens (including phenoxy) is 2. The first-order chi connectivity index (χ1) is 13.3. The molecule has 150 valence electrons. The normalized spacial score (nSPS) is 10.6. The van der Waals surface area contributed by atoms with Crippen molar-refractivity contribution < 1.29 is 19.1 Å². The third kappa shape index (κ3) is 7.35. The fourth-order valence-corrected chi connectivity index (χ4v) is 2.98. The number of rotatable bonds is 9. The van der Waals surface area contributed by atoms with Crippen molar-refractivity contribution in [3.05, 3.63) is 58.1 Å². The summed E-state index contributed by atoms with van der Waals surface area (Å²) in [6.45, 7) is 6.82. The minimum Gasteiger partial charge on any atom is -0.492 e. The molecule has 1 amide bonds. The second kappa shape index (κ2) is 10.9. The molecule has 6 heteroatoms. The molecule has 0 saturated carbocycles. The van der Waals surface area contributed by atoms with Crippen molar-refractivity contribution in [2.24, 2.45) is 5.92 Å². The lowest BCUT2D eigenvalue weighted by Crippen LogP contribution is -2.13. The largest absolute Gasteiger partial charge is 0.492 e. The van der Waals surface area contributed by atoms with Gasteiger partial charge in [0.05, 0.1) is 23.2 Å². The summed E-state index contributed by atoms with van der Waals surface area (Å²) in [4.78, 5) is 24.0. The Morgan fingerprint density at radius 3 is 2.46 bits per heavy atom. The summed E-state index contributed by atoms with van der Waals surface area (Å²) in [5, 5.41) is 2.82. The van der Waals surface area contributed by atoms with Crippen LogP contribution >= 0.6 is 15.9 Å². The van der Waals surface area contributed by atoms with E-state index in [-0.39, 0.29) is 11.9 Å². The molecule has 2 rings (SSSR count). The maximum Gasteiger partial charge on any atom is 0.338 e. The first-order valence-corrected chi connectivity index (χ1v) is 10.1. The maximum atomic E-state index is 12.1. The van der Waals surface area contributed by atoms with Crippen molar-refractivity contribution in [3.8, 4) is 5.75 Å². The molecule has 0 bridgehead atoms. The van der Waals surface area contributed by atoms with Gasteiger partial charge in [0.15, 0.2) is 0 Å². The third-order valence-electron chi connectivity index (χ3n) is 3.85. The number of halogens is 1. The van der Waals surface area contributed by atoms with Crippen LogP contribution in [0.2, 0.25) is 0 Å². The molecule has 0 heterocycles. The van der Waals surface area contributed by atoms with Gasteiger partial charge < -0.3 is 14.8 Å². The van der Waals surface area contributed by atoms with Crippen LogP contribution in [0.15, 0.2) is 46.9 Å². The Kier molecular flexibility index (Phi) is 8.51. The predicted octanol–water partition coefficient (Wildman–Crippen LogP) is 5.37. The van der Waals surface area contributed by atoms with Crippen LogP contribution in [0.25, 0.3) is 0 Å². The van der Waals surface area contributed by atoms with E-state index in [1.54, 1.807) is 24.3 Å². The van der Waals surface area contributed by atoms with Gasteiger partial charge in [-0.25, -0.2) is 4.79 Å². The Balaban J connectivity index is 1.73. The highest BCUT2D eigenvalue weighted by molar-refractivity contribution is 9.10. The van der Waals surface area contributed by atoms with Crippen molar-refractivity contribution in [2.45, 2.75) is 33.6 Å². The quantitative estimate of drug-likeness (QED) is 0.414. The number of hydrogen-bond acceptors (Lipinski definition) is 4. The van der Waals surface area contributed by atoms with Crippen molar-refractivity contribution in [3.63, 3.8) is 0 Å². The van der Waals surface area contributed by atoms with Crippen molar-refractivity contribution in [2.75, 3.05) is 18.5 Å². The molecule has 0 spiro atoms. The number of amides is 1. The summed E-state index contributed by atoms with van der Waals surface area (Å²) in [6, 6.07) is 12.6. The van der Waals surface area contributed by atoms with Gasteiger partial charge in [0, 0.05) is 12.1 Å². The van der Waals surface area contributed by atoms with E-state index >= 15 is 0 Å². The Labute approximate surface area is 174 Å². The van der Waals surface area contributed by atoms with E-state index in [2.05, 4.69) is 21.2 Å². The lowest BCUT2D eigenvalue weighted by Gasteiger charge is -2.10. The van der Waals surface area contributed by atoms with Gasteiger partial charge in [-0.1, -0.05) is 19.9 Å². The highest BCUT2D eigenvalue weighted by atomic mass is 79.9. The predicted molar refractivity (Wildman–Crippen MR) is 114 cm³/mol. The molecular formula is C22H26BrNO4. The molecule has 0 atom stereocenters. The summed E-state index contributed by atoms with van der Waals surface area (Å²) in [5.74, 6) is 0.609. The molecule has 0 radical (unpaired) electrons. The average Bonchev–Trinajstić information content (AvgIpc) is 2.65. The molecule has 0 unspecified atom stereocenters. The zero-order valence-corrected chi connectivity index (χ0v) is 18.0. The molecule has 0 aliphatic heterocycles. The van der Waals surface area contributed by atoms with E-state index < -0.39 is 0 Å². The molecule has 5 nitrogen and oxygen atoms in total. The van der Waals surface area contributed by atoms with Crippen LogP contribution < -0.4 is 10.1 Å². The monoisotopic (exact) mass is 447 g/mol. The Bertz CT molecular complexity index is 803. The number of carbonyl (C=O) groups excluding carboxylic acids is 2. The molecule has 0 aliphatic rings. The van der Waals surface area contributed by atoms with Gasteiger partial charge in [-0.3, -0.25) is 4.79 Å². The maximum absolute atomic E-state index is 12.1. The zero-order chi connectivity index (χ0) is 20.5. The van der Waals surface area contributed by atoms with Crippen LogP contribution in [0.1, 0.15) is 42.6 Å². The summed E-state index contributed by atoms with van der Waals surface area (Å²) in [6.07, 6.45) is 0.952. The second-order valence-corrected chi connectivity index (χ2v) is 7.86. The fourth-order valence-electron chi connectivity index (χ4n) is 2.38. The van der Waals surface area contributed by atoms with Gasteiger partial charge in [-0.15, -0.1) is 0 Å². The minimum absolute atomic E-state index is 0.0956. The number of aryl methyl sites for hydroxylation is 1. The number of esters is 1. The Morgan fingerprint density at radius 2 is 1.82 bits per heavy atom. The highest BCUT2D eigenvalue weighted by Gasteiger charge is 2.09. The summed E-state index contributed by atoms with van der Waals surface area (Å²) in [5.41, 5.74) is 2.26. The fraction of sp³-hybridized carbons (Fsp3) is 0.364. The lowest BCUT2D eigenvalue weighted by atomic mass is 10.2. The van der Waals surface area contributed by atoms with E-state index in [4.69, 9.17) is 9.47 Å². The van der Waals surface area contributed by atoms with Crippen LogP contribution in [0.4, 0.5) is 5.69 Å². The van der Waals surface area contributed by atoms with E-state index in [0.29, 0.717) is 43.2 Å². The molecule has 1 N–H and O–H groups in total. The summed E-state index contributed by atoms with van der Waals surface area (Å²) >= 11 is 3.47. The number of anilines is 1. The molecule has 0 fully saturated rings. The molecule has 0 saturated heterocycles. The van der Waals surface area contributed by atoms with E-state index in [9.17, 15) is 9.59 Å². The highest BCUT2D eigenvalue weighted by Crippen LogP contribution is 2.25. The molecule has 2 aromatic carbocycles. The van der Waals surface area contributed by atoms with Gasteiger partial charge in [0.2, 0.25) is 5.91 Å². The first-order valence-electron chi connectivity index (χ1n) is 9.31. The third-order valence-corrected chi connectivity index (χ3v) is 4.46. The van der Waals surface area contributed by atoms with Crippen molar-refractivity contribution in [1.29, 1.82) is 0 Å². The number of benzene rings is 2. The topological polar surface area (TPSA) is 64.6 Å². The summed E-state index contributed by atoms with van der Waals surface area (Å²) in [7, 11) is 0. The minimum atomic E-state index is -0.356. The molecular weight excluding hydrogens is 422 g/mol. The molecule has 2 aromatic rings. The van der Waals surface area contributed by atoms with Gasteiger partial charge in [0.25, 0.3) is 0 Å². The van der Waals surface area contributed by atoms with E-state index in [0.717, 1.165) is 15.8 Å². The smallest absolute Gasteiger partial charge is 0.338 e. The van der Waals surface area contributed by atoms with Crippen LogP contribution in [0, 0.1) is 12.8 Å². The van der Waals surface area contributed by atoms with Crippen LogP contribution in [-0.4, -0.2) is 25.1 Å². The Hall–Kier alpha value is -2.34. The van der Waals surface area contributed by atoms with Crippen molar-refractivity contribution >= 4 is 33.5 Å². The van der Waals surface area contributed by atoms with Gasteiger partial charge in [-0.2, -0.15) is 0 Å². The van der Waals surface area contributed by atoms with Gasteiger partial charge in [-0.05, 0) is 77.2 Å². The number of carbonyl (C=O) groups is 2. The van der Waals surface area contributed by atoms with Gasteiger partial charge >= 0.3 is 5.97 Å². The van der Waals surface area contributed by atoms with Crippen LogP contribution in [0.3, 0.4) is 0 Å².